The molecule has 0 N–H and O–H groups in total. The van der Waals surface area contributed by atoms with E-state index in [0.29, 0.717) is 11.6 Å². The van der Waals surface area contributed by atoms with Gasteiger partial charge >= 0.3 is 0 Å². The Morgan fingerprint density at radius 1 is 1.56 bits per heavy atom. The summed E-state index contributed by atoms with van der Waals surface area (Å²) in [5, 5.41) is 11.3. The van der Waals surface area contributed by atoms with Gasteiger partial charge in [-0.15, -0.1) is 0 Å². The molecule has 0 saturated carbocycles. The third kappa shape index (κ3) is 2.31. The number of carbonyl (C=O) groups is 1. The van der Waals surface area contributed by atoms with Crippen molar-refractivity contribution in [3.05, 3.63) is 38.9 Å². The van der Waals surface area contributed by atoms with Gasteiger partial charge in [-0.25, -0.2) is 0 Å². The van der Waals surface area contributed by atoms with Crippen LogP contribution < -0.4 is 0 Å². The molecule has 6 heteroatoms. The van der Waals surface area contributed by atoms with E-state index in [4.69, 9.17) is 11.6 Å². The molecule has 1 saturated heterocycles. The average Bonchev–Trinajstić information content (AvgIpc) is 2.74. The number of nitro groups is 1. The fourth-order valence-electron chi connectivity index (χ4n) is 2.23. The number of likely N-dealkylation sites (tertiary alicyclic amines) is 1. The summed E-state index contributed by atoms with van der Waals surface area (Å²) in [5.74, 6) is -0.311. The maximum Gasteiger partial charge on any atom is 0.282 e. The molecule has 1 aromatic carbocycles. The van der Waals surface area contributed by atoms with Crippen LogP contribution in [0.4, 0.5) is 5.69 Å². The molecule has 18 heavy (non-hydrogen) atoms. The van der Waals surface area contributed by atoms with Crippen LogP contribution in [0.15, 0.2) is 18.2 Å². The number of hydrogen-bond donors (Lipinski definition) is 0. The zero-order chi connectivity index (χ0) is 13.3. The quantitative estimate of drug-likeness (QED) is 0.612. The fourth-order valence-corrected chi connectivity index (χ4v) is 2.40. The van der Waals surface area contributed by atoms with E-state index in [1.807, 2.05) is 6.92 Å². The lowest BCUT2D eigenvalue weighted by Crippen LogP contribution is -2.34. The largest absolute Gasteiger partial charge is 0.336 e. The van der Waals surface area contributed by atoms with E-state index in [0.717, 1.165) is 12.8 Å². The Bertz CT molecular complexity index is 504. The van der Waals surface area contributed by atoms with Crippen LogP contribution in [0.5, 0.6) is 0 Å². The lowest BCUT2D eigenvalue weighted by Gasteiger charge is -2.21. The van der Waals surface area contributed by atoms with Crippen LogP contribution in [0, 0.1) is 10.1 Å². The Morgan fingerprint density at radius 3 is 2.83 bits per heavy atom. The van der Waals surface area contributed by atoms with Gasteiger partial charge in [0.05, 0.1) is 4.92 Å². The van der Waals surface area contributed by atoms with Crippen LogP contribution in [0.1, 0.15) is 30.1 Å². The second kappa shape index (κ2) is 4.94. The molecule has 1 unspecified atom stereocenters. The lowest BCUT2D eigenvalue weighted by molar-refractivity contribution is -0.385. The first-order chi connectivity index (χ1) is 8.50. The summed E-state index contributed by atoms with van der Waals surface area (Å²) in [5.41, 5.74) is -0.121. The van der Waals surface area contributed by atoms with Crippen LogP contribution in [0.25, 0.3) is 0 Å². The minimum absolute atomic E-state index is 0.0706. The molecule has 96 valence electrons. The van der Waals surface area contributed by atoms with Crippen molar-refractivity contribution in [2.45, 2.75) is 25.8 Å². The first-order valence-corrected chi connectivity index (χ1v) is 6.13. The molecule has 0 spiro atoms. The molecule has 1 heterocycles. The Hall–Kier alpha value is -1.62. The van der Waals surface area contributed by atoms with Gasteiger partial charge in [0.1, 0.15) is 5.56 Å². The number of nitrogens with zero attached hydrogens (tertiary/aromatic N) is 2. The van der Waals surface area contributed by atoms with Gasteiger partial charge < -0.3 is 4.90 Å². The van der Waals surface area contributed by atoms with Crippen molar-refractivity contribution in [2.24, 2.45) is 0 Å². The van der Waals surface area contributed by atoms with Crippen molar-refractivity contribution in [2.75, 3.05) is 6.54 Å². The van der Waals surface area contributed by atoms with Crippen LogP contribution in [0.3, 0.4) is 0 Å². The monoisotopic (exact) mass is 268 g/mol. The number of carbonyl (C=O) groups excluding carboxylic acids is 1. The number of amides is 1. The SMILES string of the molecule is CC1CCCN1C(=O)c1cc(Cl)ccc1[N+](=O)[O-]. The molecule has 0 radical (unpaired) electrons. The van der Waals surface area contributed by atoms with Gasteiger partial charge in [0.25, 0.3) is 11.6 Å². The molecule has 1 aromatic rings. The van der Waals surface area contributed by atoms with Crippen molar-refractivity contribution in [3.63, 3.8) is 0 Å². The Balaban J connectivity index is 2.40. The first kappa shape index (κ1) is 12.8. The summed E-state index contributed by atoms with van der Waals surface area (Å²) in [7, 11) is 0. The van der Waals surface area contributed by atoms with Gasteiger partial charge in [-0.3, -0.25) is 14.9 Å². The Labute approximate surface area is 109 Å². The van der Waals surface area contributed by atoms with Gasteiger partial charge in [0.15, 0.2) is 0 Å². The highest BCUT2D eigenvalue weighted by Crippen LogP contribution is 2.27. The number of benzene rings is 1. The lowest BCUT2D eigenvalue weighted by atomic mass is 10.1. The maximum atomic E-state index is 12.3. The molecule has 5 nitrogen and oxygen atoms in total. The summed E-state index contributed by atoms with van der Waals surface area (Å²) in [6.07, 6.45) is 1.86. The molecular formula is C12H13ClN2O3. The molecule has 2 rings (SSSR count). The topological polar surface area (TPSA) is 63.5 Å². The van der Waals surface area contributed by atoms with Gasteiger partial charge in [-0.2, -0.15) is 0 Å². The second-order valence-electron chi connectivity index (χ2n) is 4.41. The molecule has 1 fully saturated rings. The van der Waals surface area contributed by atoms with E-state index < -0.39 is 4.92 Å². The summed E-state index contributed by atoms with van der Waals surface area (Å²) < 4.78 is 0. The average molecular weight is 269 g/mol. The van der Waals surface area contributed by atoms with Gasteiger partial charge in [0.2, 0.25) is 0 Å². The minimum Gasteiger partial charge on any atom is -0.336 e. The first-order valence-electron chi connectivity index (χ1n) is 5.75. The molecule has 0 aliphatic carbocycles. The zero-order valence-corrected chi connectivity index (χ0v) is 10.7. The summed E-state index contributed by atoms with van der Waals surface area (Å²) in [4.78, 5) is 24.3. The predicted octanol–water partition coefficient (Wildman–Crippen LogP) is 2.87. The Kier molecular flexibility index (Phi) is 3.52. The summed E-state index contributed by atoms with van der Waals surface area (Å²) in [6.45, 7) is 2.59. The third-order valence-electron chi connectivity index (χ3n) is 3.20. The highest BCUT2D eigenvalue weighted by molar-refractivity contribution is 6.31. The Morgan fingerprint density at radius 2 is 2.28 bits per heavy atom. The smallest absolute Gasteiger partial charge is 0.282 e. The van der Waals surface area contributed by atoms with Gasteiger partial charge in [-0.1, -0.05) is 11.6 Å². The third-order valence-corrected chi connectivity index (χ3v) is 3.43. The van der Waals surface area contributed by atoms with Crippen LogP contribution in [-0.4, -0.2) is 28.3 Å². The maximum absolute atomic E-state index is 12.3. The number of hydrogen-bond acceptors (Lipinski definition) is 3. The van der Waals surface area contributed by atoms with E-state index in [1.54, 1.807) is 4.90 Å². The summed E-state index contributed by atoms with van der Waals surface area (Å²) in [6, 6.07) is 4.18. The number of rotatable bonds is 2. The van der Waals surface area contributed by atoms with Gasteiger partial charge in [-0.05, 0) is 31.9 Å². The van der Waals surface area contributed by atoms with E-state index in [-0.39, 0.29) is 23.2 Å². The second-order valence-corrected chi connectivity index (χ2v) is 4.84. The van der Waals surface area contributed by atoms with Crippen molar-refractivity contribution in [1.82, 2.24) is 4.90 Å². The number of halogens is 1. The molecule has 1 amide bonds. The van der Waals surface area contributed by atoms with Crippen molar-refractivity contribution in [3.8, 4) is 0 Å². The predicted molar refractivity (Wildman–Crippen MR) is 67.8 cm³/mol. The van der Waals surface area contributed by atoms with Crippen molar-refractivity contribution in [1.29, 1.82) is 0 Å². The summed E-state index contributed by atoms with van der Waals surface area (Å²) >= 11 is 5.82. The van der Waals surface area contributed by atoms with Crippen LogP contribution >= 0.6 is 11.6 Å². The van der Waals surface area contributed by atoms with E-state index in [2.05, 4.69) is 0 Å². The molecule has 1 aliphatic heterocycles. The van der Waals surface area contributed by atoms with Crippen LogP contribution in [0.2, 0.25) is 5.02 Å². The zero-order valence-electron chi connectivity index (χ0n) is 9.93. The molecule has 1 atom stereocenters. The standard InChI is InChI=1S/C12H13ClN2O3/c1-8-3-2-6-14(8)12(16)10-7-9(13)4-5-11(10)15(17)18/h4-5,7-8H,2-3,6H2,1H3. The van der Waals surface area contributed by atoms with Crippen molar-refractivity contribution < 1.29 is 9.72 Å². The molecule has 0 aromatic heterocycles. The van der Waals surface area contributed by atoms with E-state index in [9.17, 15) is 14.9 Å². The fraction of sp³-hybridized carbons (Fsp3) is 0.417. The molecule has 0 bridgehead atoms. The van der Waals surface area contributed by atoms with Gasteiger partial charge in [0, 0.05) is 23.7 Å². The van der Waals surface area contributed by atoms with Crippen molar-refractivity contribution >= 4 is 23.2 Å². The van der Waals surface area contributed by atoms with E-state index in [1.165, 1.54) is 18.2 Å². The van der Waals surface area contributed by atoms with E-state index >= 15 is 0 Å². The highest BCUT2D eigenvalue weighted by atomic mass is 35.5. The highest BCUT2D eigenvalue weighted by Gasteiger charge is 2.30. The number of nitro benzene ring substituents is 1. The minimum atomic E-state index is -0.551. The molecule has 1 aliphatic rings. The normalized spacial score (nSPS) is 19.0. The van der Waals surface area contributed by atoms with Crippen LogP contribution in [-0.2, 0) is 0 Å². The molecular weight excluding hydrogens is 256 g/mol.